The molecule has 0 aliphatic heterocycles. The highest BCUT2D eigenvalue weighted by Crippen LogP contribution is 2.35. The SMILES string of the molecule is CC[C@H](C)c1ccc(NC(=O)/C(C#N)=C/c2cc(OC)c(OC)cc2OC)cc1. The van der Waals surface area contributed by atoms with Crippen LogP contribution in [0.4, 0.5) is 5.69 Å². The maximum absolute atomic E-state index is 12.6. The minimum Gasteiger partial charge on any atom is -0.496 e. The largest absolute Gasteiger partial charge is 0.496 e. The third-order valence-corrected chi connectivity index (χ3v) is 4.75. The molecule has 0 unspecified atom stereocenters. The van der Waals surface area contributed by atoms with E-state index in [2.05, 4.69) is 19.2 Å². The first-order valence-corrected chi connectivity index (χ1v) is 9.30. The van der Waals surface area contributed by atoms with Gasteiger partial charge in [-0.25, -0.2) is 0 Å². The molecule has 1 amide bonds. The minimum atomic E-state index is -0.499. The fourth-order valence-electron chi connectivity index (χ4n) is 2.80. The summed E-state index contributed by atoms with van der Waals surface area (Å²) in [5, 5.41) is 12.3. The molecule has 0 aliphatic rings. The molecule has 0 saturated heterocycles. The molecule has 1 atom stereocenters. The molecule has 152 valence electrons. The van der Waals surface area contributed by atoms with Crippen molar-refractivity contribution in [2.75, 3.05) is 26.6 Å². The summed E-state index contributed by atoms with van der Waals surface area (Å²) in [6.07, 6.45) is 2.50. The zero-order chi connectivity index (χ0) is 21.4. The Morgan fingerprint density at radius 3 is 2.17 bits per heavy atom. The summed E-state index contributed by atoms with van der Waals surface area (Å²) >= 11 is 0. The van der Waals surface area contributed by atoms with Gasteiger partial charge in [0.15, 0.2) is 11.5 Å². The summed E-state index contributed by atoms with van der Waals surface area (Å²) in [6.45, 7) is 4.29. The highest BCUT2D eigenvalue weighted by Gasteiger charge is 2.15. The van der Waals surface area contributed by atoms with Gasteiger partial charge in [-0.1, -0.05) is 26.0 Å². The minimum absolute atomic E-state index is 0.0541. The van der Waals surface area contributed by atoms with Gasteiger partial charge in [-0.05, 0) is 42.2 Å². The molecule has 0 saturated carbocycles. The molecule has 6 nitrogen and oxygen atoms in total. The maximum atomic E-state index is 12.6. The van der Waals surface area contributed by atoms with Crippen LogP contribution in [0.2, 0.25) is 0 Å². The molecule has 0 aliphatic carbocycles. The Morgan fingerprint density at radius 1 is 1.07 bits per heavy atom. The molecule has 0 aromatic heterocycles. The van der Waals surface area contributed by atoms with Crippen LogP contribution in [0, 0.1) is 11.3 Å². The monoisotopic (exact) mass is 394 g/mol. The van der Waals surface area contributed by atoms with Gasteiger partial charge in [0.2, 0.25) is 0 Å². The zero-order valence-corrected chi connectivity index (χ0v) is 17.4. The van der Waals surface area contributed by atoms with Crippen LogP contribution in [-0.4, -0.2) is 27.2 Å². The Hall–Kier alpha value is -3.46. The van der Waals surface area contributed by atoms with E-state index >= 15 is 0 Å². The number of amides is 1. The van der Waals surface area contributed by atoms with E-state index in [0.29, 0.717) is 34.4 Å². The molecule has 2 aromatic rings. The first-order chi connectivity index (χ1) is 14.0. The number of carbonyl (C=O) groups excluding carboxylic acids is 1. The van der Waals surface area contributed by atoms with E-state index in [0.717, 1.165) is 6.42 Å². The van der Waals surface area contributed by atoms with Crippen molar-refractivity contribution in [2.24, 2.45) is 0 Å². The molecule has 2 rings (SSSR count). The molecular formula is C23H26N2O4. The van der Waals surface area contributed by atoms with Crippen molar-refractivity contribution in [1.29, 1.82) is 5.26 Å². The lowest BCUT2D eigenvalue weighted by Crippen LogP contribution is -2.13. The molecule has 0 fully saturated rings. The molecular weight excluding hydrogens is 368 g/mol. The fourth-order valence-corrected chi connectivity index (χ4v) is 2.80. The number of anilines is 1. The Labute approximate surface area is 171 Å². The number of benzene rings is 2. The van der Waals surface area contributed by atoms with E-state index in [9.17, 15) is 10.1 Å². The normalized spacial score (nSPS) is 11.9. The number of methoxy groups -OCH3 is 3. The van der Waals surface area contributed by atoms with Crippen LogP contribution in [0.3, 0.4) is 0 Å². The number of nitrogens with one attached hydrogen (secondary N) is 1. The second-order valence-electron chi connectivity index (χ2n) is 6.50. The first kappa shape index (κ1) is 21.8. The molecule has 6 heteroatoms. The van der Waals surface area contributed by atoms with Crippen LogP contribution in [-0.2, 0) is 4.79 Å². The van der Waals surface area contributed by atoms with Gasteiger partial charge in [-0.2, -0.15) is 5.26 Å². The molecule has 2 aromatic carbocycles. The topological polar surface area (TPSA) is 80.6 Å². The van der Waals surface area contributed by atoms with Crippen molar-refractivity contribution in [1.82, 2.24) is 0 Å². The molecule has 0 spiro atoms. The summed E-state index contributed by atoms with van der Waals surface area (Å²) in [4.78, 5) is 12.6. The highest BCUT2D eigenvalue weighted by atomic mass is 16.5. The number of nitriles is 1. The summed E-state index contributed by atoms with van der Waals surface area (Å²) in [7, 11) is 4.54. The van der Waals surface area contributed by atoms with Crippen molar-refractivity contribution in [3.63, 3.8) is 0 Å². The lowest BCUT2D eigenvalue weighted by molar-refractivity contribution is -0.112. The van der Waals surface area contributed by atoms with Gasteiger partial charge in [0.1, 0.15) is 17.4 Å². The van der Waals surface area contributed by atoms with Crippen molar-refractivity contribution in [2.45, 2.75) is 26.2 Å². The summed E-state index contributed by atoms with van der Waals surface area (Å²) in [5.74, 6) is 1.37. The van der Waals surface area contributed by atoms with Crippen LogP contribution >= 0.6 is 0 Å². The number of hydrogen-bond donors (Lipinski definition) is 1. The molecule has 0 bridgehead atoms. The van der Waals surface area contributed by atoms with E-state index in [-0.39, 0.29) is 5.57 Å². The summed E-state index contributed by atoms with van der Waals surface area (Å²) in [6, 6.07) is 12.9. The second kappa shape index (κ2) is 10.2. The summed E-state index contributed by atoms with van der Waals surface area (Å²) < 4.78 is 15.9. The smallest absolute Gasteiger partial charge is 0.266 e. The third-order valence-electron chi connectivity index (χ3n) is 4.75. The Morgan fingerprint density at radius 2 is 1.66 bits per heavy atom. The Bertz CT molecular complexity index is 927. The van der Waals surface area contributed by atoms with Crippen molar-refractivity contribution >= 4 is 17.7 Å². The van der Waals surface area contributed by atoms with Crippen LogP contribution < -0.4 is 19.5 Å². The molecule has 29 heavy (non-hydrogen) atoms. The van der Waals surface area contributed by atoms with Gasteiger partial charge >= 0.3 is 0 Å². The van der Waals surface area contributed by atoms with Crippen molar-refractivity contribution in [3.8, 4) is 23.3 Å². The quantitative estimate of drug-likeness (QED) is 0.515. The fraction of sp³-hybridized carbons (Fsp3) is 0.304. The van der Waals surface area contributed by atoms with E-state index < -0.39 is 5.91 Å². The van der Waals surface area contributed by atoms with Gasteiger partial charge < -0.3 is 19.5 Å². The standard InChI is InChI=1S/C23H26N2O4/c1-6-15(2)16-7-9-19(10-8-16)25-23(26)18(14-24)11-17-12-21(28-4)22(29-5)13-20(17)27-3/h7-13,15H,6H2,1-5H3,(H,25,26)/b18-11+/t15-/m0/s1. The predicted molar refractivity (Wildman–Crippen MR) is 113 cm³/mol. The number of hydrogen-bond acceptors (Lipinski definition) is 5. The van der Waals surface area contributed by atoms with E-state index in [1.807, 2.05) is 30.3 Å². The number of nitrogens with zero attached hydrogens (tertiary/aromatic N) is 1. The van der Waals surface area contributed by atoms with Crippen molar-refractivity contribution < 1.29 is 19.0 Å². The van der Waals surface area contributed by atoms with Gasteiger partial charge in [-0.15, -0.1) is 0 Å². The highest BCUT2D eigenvalue weighted by molar-refractivity contribution is 6.09. The lowest BCUT2D eigenvalue weighted by Gasteiger charge is -2.13. The number of carbonyl (C=O) groups is 1. The molecule has 1 N–H and O–H groups in total. The van der Waals surface area contributed by atoms with Gasteiger partial charge in [0, 0.05) is 17.3 Å². The van der Waals surface area contributed by atoms with Crippen LogP contribution in [0.5, 0.6) is 17.2 Å². The van der Waals surface area contributed by atoms with Gasteiger partial charge in [-0.3, -0.25) is 4.79 Å². The van der Waals surface area contributed by atoms with Gasteiger partial charge in [0.05, 0.1) is 21.3 Å². The zero-order valence-electron chi connectivity index (χ0n) is 17.4. The Balaban J connectivity index is 2.29. The molecule has 0 radical (unpaired) electrons. The number of rotatable bonds is 8. The first-order valence-electron chi connectivity index (χ1n) is 9.30. The van der Waals surface area contributed by atoms with Crippen LogP contribution in [0.15, 0.2) is 42.0 Å². The predicted octanol–water partition coefficient (Wildman–Crippen LogP) is 4.77. The average Bonchev–Trinajstić information content (AvgIpc) is 2.76. The second-order valence-corrected chi connectivity index (χ2v) is 6.50. The Kier molecular flexibility index (Phi) is 7.67. The summed E-state index contributed by atoms with van der Waals surface area (Å²) in [5.41, 5.74) is 2.31. The van der Waals surface area contributed by atoms with Gasteiger partial charge in [0.25, 0.3) is 5.91 Å². The molecule has 0 heterocycles. The van der Waals surface area contributed by atoms with E-state index in [1.165, 1.54) is 33.0 Å². The van der Waals surface area contributed by atoms with Crippen LogP contribution in [0.25, 0.3) is 6.08 Å². The number of ether oxygens (including phenoxy) is 3. The maximum Gasteiger partial charge on any atom is 0.266 e. The van der Waals surface area contributed by atoms with E-state index in [1.54, 1.807) is 12.1 Å². The lowest BCUT2D eigenvalue weighted by atomic mass is 9.98. The average molecular weight is 394 g/mol. The van der Waals surface area contributed by atoms with Crippen molar-refractivity contribution in [3.05, 3.63) is 53.1 Å². The van der Waals surface area contributed by atoms with E-state index in [4.69, 9.17) is 14.2 Å². The van der Waals surface area contributed by atoms with Crippen LogP contribution in [0.1, 0.15) is 37.3 Å². The third kappa shape index (κ3) is 5.29.